The first-order valence-corrected chi connectivity index (χ1v) is 5.74. The van der Waals surface area contributed by atoms with Gasteiger partial charge in [-0.25, -0.2) is 0 Å². The Morgan fingerprint density at radius 2 is 2.06 bits per heavy atom. The highest BCUT2D eigenvalue weighted by atomic mass is 79.9. The first-order valence-electron chi connectivity index (χ1n) is 4.95. The van der Waals surface area contributed by atoms with Crippen LogP contribution in [0.2, 0.25) is 0 Å². The molecule has 1 heterocycles. The third-order valence-corrected chi connectivity index (χ3v) is 2.76. The molecule has 1 aromatic carbocycles. The highest BCUT2D eigenvalue weighted by Crippen LogP contribution is 2.21. The van der Waals surface area contributed by atoms with Gasteiger partial charge in [0.15, 0.2) is 0 Å². The van der Waals surface area contributed by atoms with Crippen LogP contribution in [0.4, 0.5) is 0 Å². The van der Waals surface area contributed by atoms with Crippen LogP contribution in [0.25, 0.3) is 0 Å². The summed E-state index contributed by atoms with van der Waals surface area (Å²) in [6.45, 7) is 1.35. The summed E-state index contributed by atoms with van der Waals surface area (Å²) in [6, 6.07) is 7.30. The van der Waals surface area contributed by atoms with Crippen molar-refractivity contribution in [1.29, 1.82) is 0 Å². The number of halogens is 2. The number of furan rings is 1. The quantitative estimate of drug-likeness (QED) is 0.907. The van der Waals surface area contributed by atoms with E-state index in [9.17, 15) is 5.11 Å². The second kappa shape index (κ2) is 6.69. The van der Waals surface area contributed by atoms with E-state index in [1.54, 1.807) is 18.6 Å². The van der Waals surface area contributed by atoms with Gasteiger partial charge < -0.3 is 14.8 Å². The lowest BCUT2D eigenvalue weighted by atomic mass is 10.2. The van der Waals surface area contributed by atoms with E-state index in [0.29, 0.717) is 12.3 Å². The summed E-state index contributed by atoms with van der Waals surface area (Å²) in [7, 11) is 0. The molecule has 0 aliphatic carbocycles. The van der Waals surface area contributed by atoms with Crippen molar-refractivity contribution in [2.45, 2.75) is 13.1 Å². The molecule has 0 amide bonds. The number of hydrogen-bond donors (Lipinski definition) is 2. The predicted molar refractivity (Wildman–Crippen MR) is 72.3 cm³/mol. The van der Waals surface area contributed by atoms with Gasteiger partial charge in [0.25, 0.3) is 0 Å². The summed E-state index contributed by atoms with van der Waals surface area (Å²) in [4.78, 5) is 0. The van der Waals surface area contributed by atoms with Crippen LogP contribution in [-0.4, -0.2) is 5.11 Å². The smallest absolute Gasteiger partial charge is 0.120 e. The van der Waals surface area contributed by atoms with Crippen LogP contribution in [0.5, 0.6) is 5.75 Å². The molecule has 0 aliphatic heterocycles. The predicted octanol–water partition coefficient (Wildman–Crippen LogP) is 3.46. The average Bonchev–Trinajstić information content (AvgIpc) is 2.76. The molecule has 2 aromatic rings. The Hall–Kier alpha value is -0.970. The summed E-state index contributed by atoms with van der Waals surface area (Å²) in [5, 5.41) is 12.8. The SMILES string of the molecule is Cl.Oc1ccc(Br)cc1CNCc1ccoc1. The van der Waals surface area contributed by atoms with Gasteiger partial charge in [-0.1, -0.05) is 15.9 Å². The van der Waals surface area contributed by atoms with E-state index in [2.05, 4.69) is 21.2 Å². The Morgan fingerprint density at radius 3 is 2.76 bits per heavy atom. The molecular formula is C12H13BrClNO2. The van der Waals surface area contributed by atoms with Crippen molar-refractivity contribution in [3.63, 3.8) is 0 Å². The minimum Gasteiger partial charge on any atom is -0.508 e. The third kappa shape index (κ3) is 4.07. The second-order valence-corrected chi connectivity index (χ2v) is 4.42. The fourth-order valence-corrected chi connectivity index (χ4v) is 1.84. The lowest BCUT2D eigenvalue weighted by molar-refractivity contribution is 0.464. The van der Waals surface area contributed by atoms with E-state index >= 15 is 0 Å². The van der Waals surface area contributed by atoms with Crippen LogP contribution in [0, 0.1) is 0 Å². The first kappa shape index (κ1) is 14.1. The number of nitrogens with one attached hydrogen (secondary N) is 1. The van der Waals surface area contributed by atoms with E-state index < -0.39 is 0 Å². The molecule has 17 heavy (non-hydrogen) atoms. The van der Waals surface area contributed by atoms with Crippen LogP contribution in [0.1, 0.15) is 11.1 Å². The molecule has 0 aliphatic rings. The van der Waals surface area contributed by atoms with E-state index in [4.69, 9.17) is 4.42 Å². The summed E-state index contributed by atoms with van der Waals surface area (Å²) in [5.41, 5.74) is 1.97. The molecule has 0 fully saturated rings. The zero-order valence-corrected chi connectivity index (χ0v) is 11.4. The third-order valence-electron chi connectivity index (χ3n) is 2.27. The van der Waals surface area contributed by atoms with Gasteiger partial charge >= 0.3 is 0 Å². The molecule has 0 spiro atoms. The summed E-state index contributed by atoms with van der Waals surface area (Å²) < 4.78 is 5.93. The van der Waals surface area contributed by atoms with Gasteiger partial charge in [0.1, 0.15) is 5.75 Å². The van der Waals surface area contributed by atoms with Gasteiger partial charge in [0.2, 0.25) is 0 Å². The molecule has 1 aromatic heterocycles. The molecule has 3 nitrogen and oxygen atoms in total. The molecule has 0 saturated carbocycles. The van der Waals surface area contributed by atoms with Crippen LogP contribution in [-0.2, 0) is 13.1 Å². The van der Waals surface area contributed by atoms with Crippen LogP contribution < -0.4 is 5.32 Å². The van der Waals surface area contributed by atoms with Gasteiger partial charge in [-0.15, -0.1) is 12.4 Å². The van der Waals surface area contributed by atoms with Crippen molar-refractivity contribution in [2.24, 2.45) is 0 Å². The molecular weight excluding hydrogens is 305 g/mol. The summed E-state index contributed by atoms with van der Waals surface area (Å²) in [5.74, 6) is 0.308. The molecule has 0 radical (unpaired) electrons. The molecule has 0 unspecified atom stereocenters. The van der Waals surface area contributed by atoms with Gasteiger partial charge in [0, 0.05) is 28.7 Å². The summed E-state index contributed by atoms with van der Waals surface area (Å²) in [6.07, 6.45) is 3.35. The Morgan fingerprint density at radius 1 is 1.24 bits per heavy atom. The lowest BCUT2D eigenvalue weighted by Gasteiger charge is -2.06. The van der Waals surface area contributed by atoms with Crippen molar-refractivity contribution in [3.8, 4) is 5.75 Å². The Labute approximate surface area is 114 Å². The zero-order valence-electron chi connectivity index (χ0n) is 9.02. The Balaban J connectivity index is 0.00000144. The van der Waals surface area contributed by atoms with Crippen LogP contribution in [0.15, 0.2) is 45.7 Å². The second-order valence-electron chi connectivity index (χ2n) is 3.51. The Kier molecular flexibility index (Phi) is 5.55. The normalized spacial score (nSPS) is 9.94. The topological polar surface area (TPSA) is 45.4 Å². The number of aromatic hydroxyl groups is 1. The van der Waals surface area contributed by atoms with E-state index in [1.807, 2.05) is 18.2 Å². The molecule has 0 bridgehead atoms. The van der Waals surface area contributed by atoms with Crippen molar-refractivity contribution in [3.05, 3.63) is 52.4 Å². The zero-order chi connectivity index (χ0) is 11.4. The first-order chi connectivity index (χ1) is 7.75. The van der Waals surface area contributed by atoms with Gasteiger partial charge in [-0.2, -0.15) is 0 Å². The number of benzene rings is 1. The fraction of sp³-hybridized carbons (Fsp3) is 0.167. The summed E-state index contributed by atoms with van der Waals surface area (Å²) >= 11 is 3.37. The van der Waals surface area contributed by atoms with E-state index in [-0.39, 0.29) is 12.4 Å². The van der Waals surface area contributed by atoms with Crippen LogP contribution >= 0.6 is 28.3 Å². The molecule has 2 rings (SSSR count). The van der Waals surface area contributed by atoms with Gasteiger partial charge in [0.05, 0.1) is 12.5 Å². The van der Waals surface area contributed by atoms with Crippen LogP contribution in [0.3, 0.4) is 0 Å². The van der Waals surface area contributed by atoms with Crippen molar-refractivity contribution < 1.29 is 9.52 Å². The largest absolute Gasteiger partial charge is 0.508 e. The standard InChI is InChI=1S/C12H12BrNO2.ClH/c13-11-1-2-12(15)10(5-11)7-14-6-9-3-4-16-8-9;/h1-5,8,14-15H,6-7H2;1H. The van der Waals surface area contributed by atoms with E-state index in [0.717, 1.165) is 22.1 Å². The van der Waals surface area contributed by atoms with Crippen molar-refractivity contribution >= 4 is 28.3 Å². The maximum Gasteiger partial charge on any atom is 0.120 e. The Bertz CT molecular complexity index is 460. The number of phenols is 1. The molecule has 92 valence electrons. The highest BCUT2D eigenvalue weighted by Gasteiger charge is 2.01. The monoisotopic (exact) mass is 317 g/mol. The number of hydrogen-bond acceptors (Lipinski definition) is 3. The van der Waals surface area contributed by atoms with Crippen molar-refractivity contribution in [1.82, 2.24) is 5.32 Å². The fourth-order valence-electron chi connectivity index (χ4n) is 1.43. The number of rotatable bonds is 4. The van der Waals surface area contributed by atoms with E-state index in [1.165, 1.54) is 0 Å². The lowest BCUT2D eigenvalue weighted by Crippen LogP contribution is -2.12. The number of phenolic OH excluding ortho intramolecular Hbond substituents is 1. The maximum atomic E-state index is 9.61. The van der Waals surface area contributed by atoms with Gasteiger partial charge in [-0.05, 0) is 24.3 Å². The molecule has 2 N–H and O–H groups in total. The van der Waals surface area contributed by atoms with Crippen molar-refractivity contribution in [2.75, 3.05) is 0 Å². The highest BCUT2D eigenvalue weighted by molar-refractivity contribution is 9.10. The average molecular weight is 319 g/mol. The molecule has 0 atom stereocenters. The minimum absolute atomic E-state index is 0. The minimum atomic E-state index is 0. The maximum absolute atomic E-state index is 9.61. The molecule has 5 heteroatoms. The molecule has 0 saturated heterocycles. The van der Waals surface area contributed by atoms with Gasteiger partial charge in [-0.3, -0.25) is 0 Å².